The normalized spacial score (nSPS) is 13.9. The molecule has 0 radical (unpaired) electrons. The van der Waals surface area contributed by atoms with Crippen molar-refractivity contribution in [1.82, 2.24) is 24.8 Å². The Morgan fingerprint density at radius 3 is 2.90 bits per heavy atom. The lowest BCUT2D eigenvalue weighted by Gasteiger charge is -2.27. The van der Waals surface area contributed by atoms with Crippen LogP contribution in [0, 0.1) is 6.92 Å². The maximum atomic E-state index is 12.7. The second kappa shape index (κ2) is 7.93. The highest BCUT2D eigenvalue weighted by Gasteiger charge is 2.22. The molecule has 0 unspecified atom stereocenters. The molecule has 3 aromatic heterocycles. The molecule has 0 spiro atoms. The fourth-order valence-electron chi connectivity index (χ4n) is 3.79. The van der Waals surface area contributed by atoms with Gasteiger partial charge in [-0.3, -0.25) is 14.7 Å². The molecule has 1 N–H and O–H groups in total. The van der Waals surface area contributed by atoms with Crippen molar-refractivity contribution < 1.29 is 0 Å². The van der Waals surface area contributed by atoms with Crippen LogP contribution in [0.4, 0.5) is 0 Å². The Labute approximate surface area is 178 Å². The zero-order chi connectivity index (χ0) is 20.5. The average molecular weight is 416 g/mol. The van der Waals surface area contributed by atoms with Crippen LogP contribution in [-0.4, -0.2) is 31.4 Å². The number of aromatic nitrogens is 4. The molecule has 1 aromatic carbocycles. The van der Waals surface area contributed by atoms with E-state index in [0.717, 1.165) is 41.3 Å². The van der Waals surface area contributed by atoms with Crippen LogP contribution in [0.2, 0.25) is 0 Å². The van der Waals surface area contributed by atoms with Crippen LogP contribution < -0.4 is 5.56 Å². The highest BCUT2D eigenvalue weighted by molar-refractivity contribution is 7.15. The van der Waals surface area contributed by atoms with Crippen molar-refractivity contribution >= 4 is 11.3 Å². The number of aryl methyl sites for hydroxylation is 1. The minimum Gasteiger partial charge on any atom is -0.306 e. The molecule has 0 amide bonds. The molecule has 150 valence electrons. The van der Waals surface area contributed by atoms with Crippen LogP contribution >= 0.6 is 11.3 Å². The summed E-state index contributed by atoms with van der Waals surface area (Å²) in [5.74, 6) is 0.589. The Bertz CT molecular complexity index is 1250. The van der Waals surface area contributed by atoms with E-state index in [4.69, 9.17) is 4.98 Å². The third-order valence-electron chi connectivity index (χ3n) is 5.39. The van der Waals surface area contributed by atoms with E-state index in [9.17, 15) is 4.79 Å². The monoisotopic (exact) mass is 415 g/mol. The first-order valence-corrected chi connectivity index (χ1v) is 10.7. The predicted octanol–water partition coefficient (Wildman–Crippen LogP) is 3.82. The third-order valence-corrected chi connectivity index (χ3v) is 6.41. The van der Waals surface area contributed by atoms with Crippen LogP contribution in [0.1, 0.15) is 21.7 Å². The van der Waals surface area contributed by atoms with E-state index in [2.05, 4.69) is 38.9 Å². The van der Waals surface area contributed by atoms with E-state index in [-0.39, 0.29) is 5.56 Å². The van der Waals surface area contributed by atoms with Gasteiger partial charge in [0.25, 0.3) is 5.56 Å². The number of hydrogen-bond donors (Lipinski definition) is 1. The standard InChI is InChI=1S/C23H21N5OS/c1-15-5-2-3-7-18(15)23-25-12-17(30-23)13-28-10-8-20-19(14-28)22(29)27-21(26-20)16-6-4-9-24-11-16/h2-7,9,11-12H,8,10,13-14H2,1H3,(H,26,27,29). The van der Waals surface area contributed by atoms with Gasteiger partial charge in [-0.1, -0.05) is 24.3 Å². The smallest absolute Gasteiger partial charge is 0.255 e. The number of pyridine rings is 1. The van der Waals surface area contributed by atoms with Crippen LogP contribution in [-0.2, 0) is 19.5 Å². The van der Waals surface area contributed by atoms with Crippen LogP contribution in [0.15, 0.2) is 59.8 Å². The quantitative estimate of drug-likeness (QED) is 0.548. The summed E-state index contributed by atoms with van der Waals surface area (Å²) >= 11 is 1.72. The molecule has 0 saturated carbocycles. The number of thiazole rings is 1. The van der Waals surface area contributed by atoms with E-state index in [1.807, 2.05) is 30.5 Å². The molecule has 0 fully saturated rings. The first-order chi connectivity index (χ1) is 14.7. The van der Waals surface area contributed by atoms with Gasteiger partial charge >= 0.3 is 0 Å². The lowest BCUT2D eigenvalue weighted by Crippen LogP contribution is -2.35. The minimum atomic E-state index is -0.0616. The van der Waals surface area contributed by atoms with Gasteiger partial charge in [-0.15, -0.1) is 11.3 Å². The first kappa shape index (κ1) is 18.8. The van der Waals surface area contributed by atoms with Gasteiger partial charge in [0.2, 0.25) is 0 Å². The molecule has 0 atom stereocenters. The number of benzene rings is 1. The van der Waals surface area contributed by atoms with Crippen molar-refractivity contribution in [3.05, 3.63) is 87.0 Å². The van der Waals surface area contributed by atoms with Gasteiger partial charge in [0.1, 0.15) is 10.8 Å². The number of hydrogen-bond acceptors (Lipinski definition) is 6. The van der Waals surface area contributed by atoms with E-state index < -0.39 is 0 Å². The maximum absolute atomic E-state index is 12.7. The second-order valence-electron chi connectivity index (χ2n) is 7.49. The van der Waals surface area contributed by atoms with Crippen molar-refractivity contribution in [3.63, 3.8) is 0 Å². The molecule has 6 nitrogen and oxygen atoms in total. The van der Waals surface area contributed by atoms with Gasteiger partial charge in [-0.05, 0) is 24.6 Å². The lowest BCUT2D eigenvalue weighted by atomic mass is 10.1. The number of fused-ring (bicyclic) bond motifs is 1. The molecule has 5 rings (SSSR count). The Morgan fingerprint density at radius 2 is 2.07 bits per heavy atom. The van der Waals surface area contributed by atoms with Crippen molar-refractivity contribution in [1.29, 1.82) is 0 Å². The zero-order valence-corrected chi connectivity index (χ0v) is 17.4. The van der Waals surface area contributed by atoms with Crippen molar-refractivity contribution in [2.45, 2.75) is 26.4 Å². The molecule has 4 aromatic rings. The van der Waals surface area contributed by atoms with Crippen LogP contribution in [0.3, 0.4) is 0 Å². The van der Waals surface area contributed by atoms with Crippen molar-refractivity contribution in [2.75, 3.05) is 6.54 Å². The van der Waals surface area contributed by atoms with Crippen LogP contribution in [0.5, 0.6) is 0 Å². The molecular weight excluding hydrogens is 394 g/mol. The molecule has 0 bridgehead atoms. The summed E-state index contributed by atoms with van der Waals surface area (Å²) < 4.78 is 0. The summed E-state index contributed by atoms with van der Waals surface area (Å²) in [7, 11) is 0. The summed E-state index contributed by atoms with van der Waals surface area (Å²) in [6.07, 6.45) is 6.14. The molecule has 0 aliphatic carbocycles. The largest absolute Gasteiger partial charge is 0.306 e. The summed E-state index contributed by atoms with van der Waals surface area (Å²) in [6.45, 7) is 4.36. The van der Waals surface area contributed by atoms with Gasteiger partial charge in [0.05, 0.1) is 11.3 Å². The number of aromatic amines is 1. The Balaban J connectivity index is 1.34. The number of nitrogens with one attached hydrogen (secondary N) is 1. The summed E-state index contributed by atoms with van der Waals surface area (Å²) in [5.41, 5.74) is 4.83. The van der Waals surface area contributed by atoms with Gasteiger partial charge in [-0.25, -0.2) is 9.97 Å². The summed E-state index contributed by atoms with van der Waals surface area (Å²) in [5, 5.41) is 1.04. The SMILES string of the molecule is Cc1ccccc1-c1ncc(CN2CCc3nc(-c4cccnc4)[nH]c(=O)c3C2)s1. The Hall–Kier alpha value is -3.16. The fourth-order valence-corrected chi connectivity index (χ4v) is 4.84. The number of rotatable bonds is 4. The van der Waals surface area contributed by atoms with Crippen molar-refractivity contribution in [2.24, 2.45) is 0 Å². The third kappa shape index (κ3) is 3.69. The second-order valence-corrected chi connectivity index (χ2v) is 8.60. The van der Waals surface area contributed by atoms with E-state index in [1.165, 1.54) is 16.0 Å². The zero-order valence-electron chi connectivity index (χ0n) is 16.6. The highest BCUT2D eigenvalue weighted by Crippen LogP contribution is 2.29. The van der Waals surface area contributed by atoms with Gasteiger partial charge in [-0.2, -0.15) is 0 Å². The lowest BCUT2D eigenvalue weighted by molar-refractivity contribution is 0.244. The van der Waals surface area contributed by atoms with Gasteiger partial charge < -0.3 is 4.98 Å². The topological polar surface area (TPSA) is 74.8 Å². The van der Waals surface area contributed by atoms with Gasteiger partial charge in [0.15, 0.2) is 0 Å². The molecule has 0 saturated heterocycles. The minimum absolute atomic E-state index is 0.0616. The van der Waals surface area contributed by atoms with Crippen molar-refractivity contribution in [3.8, 4) is 22.0 Å². The number of nitrogens with zero attached hydrogens (tertiary/aromatic N) is 4. The van der Waals surface area contributed by atoms with E-state index >= 15 is 0 Å². The number of H-pyrrole nitrogens is 1. The Morgan fingerprint density at radius 1 is 1.17 bits per heavy atom. The highest BCUT2D eigenvalue weighted by atomic mass is 32.1. The molecular formula is C23H21N5OS. The fraction of sp³-hybridized carbons (Fsp3) is 0.217. The molecule has 1 aliphatic heterocycles. The van der Waals surface area contributed by atoms with Crippen LogP contribution in [0.25, 0.3) is 22.0 Å². The van der Waals surface area contributed by atoms with Gasteiger partial charge in [0, 0.05) is 60.6 Å². The molecule has 7 heteroatoms. The van der Waals surface area contributed by atoms with E-state index in [1.54, 1.807) is 23.7 Å². The summed E-state index contributed by atoms with van der Waals surface area (Å²) in [4.78, 5) is 32.6. The predicted molar refractivity (Wildman–Crippen MR) is 118 cm³/mol. The first-order valence-electron chi connectivity index (χ1n) is 9.93. The van der Waals surface area contributed by atoms with E-state index in [0.29, 0.717) is 12.4 Å². The molecule has 4 heterocycles. The maximum Gasteiger partial charge on any atom is 0.255 e. The summed E-state index contributed by atoms with van der Waals surface area (Å²) in [6, 6.07) is 12.1. The average Bonchev–Trinajstić information content (AvgIpc) is 3.23. The molecule has 1 aliphatic rings. The molecule has 30 heavy (non-hydrogen) atoms. The Kier molecular flexibility index (Phi) is 4.98.